The monoisotopic (exact) mass is 535 g/mol. The fourth-order valence-corrected chi connectivity index (χ4v) is 3.81. The van der Waals surface area contributed by atoms with Crippen molar-refractivity contribution in [3.8, 4) is 22.9 Å². The predicted molar refractivity (Wildman–Crippen MR) is 137 cm³/mol. The lowest BCUT2D eigenvalue weighted by Gasteiger charge is -2.12. The molecule has 0 N–H and O–H groups in total. The zero-order valence-electron chi connectivity index (χ0n) is 19.1. The number of methoxy groups -OCH3 is 1. The lowest BCUT2D eigenvalue weighted by atomic mass is 10.2. The van der Waals surface area contributed by atoms with Gasteiger partial charge in [-0.25, -0.2) is 9.78 Å². The summed E-state index contributed by atoms with van der Waals surface area (Å²) in [4.78, 5) is 29.7. The summed E-state index contributed by atoms with van der Waals surface area (Å²) >= 11 is 3.50. The van der Waals surface area contributed by atoms with Crippen LogP contribution in [0.5, 0.6) is 11.5 Å². The number of fused-ring (bicyclic) bond motifs is 1. The first-order valence-electron chi connectivity index (χ1n) is 10.8. The molecular formula is C26H22BrN3O5. The van der Waals surface area contributed by atoms with Crippen LogP contribution in [-0.4, -0.2) is 42.2 Å². The minimum Gasteiger partial charge on any atom is -0.493 e. The molecule has 0 saturated heterocycles. The first kappa shape index (κ1) is 24.2. The van der Waals surface area contributed by atoms with Crippen molar-refractivity contribution >= 4 is 39.0 Å². The number of halogens is 1. The third kappa shape index (κ3) is 5.41. The standard InChI is InChI=1S/C26H22BrN3O5/c1-3-34-24(31)16-35-23-14-20(27)18(13-22(23)33-2)15-28-30-25(17-9-5-4-6-10-17)29-21-12-8-7-11-19(21)26(30)32/h4-15H,3,16H2,1-2H3. The molecule has 0 saturated carbocycles. The maximum absolute atomic E-state index is 13.3. The van der Waals surface area contributed by atoms with E-state index in [1.54, 1.807) is 37.3 Å². The summed E-state index contributed by atoms with van der Waals surface area (Å²) in [6, 6.07) is 19.9. The number of benzene rings is 3. The third-order valence-corrected chi connectivity index (χ3v) is 5.72. The van der Waals surface area contributed by atoms with E-state index in [1.807, 2.05) is 36.4 Å². The minimum atomic E-state index is -0.479. The molecule has 0 bridgehead atoms. The molecule has 0 radical (unpaired) electrons. The molecule has 1 heterocycles. The van der Waals surface area contributed by atoms with Gasteiger partial charge in [0, 0.05) is 15.6 Å². The lowest BCUT2D eigenvalue weighted by Crippen LogP contribution is -2.20. The van der Waals surface area contributed by atoms with Crippen LogP contribution in [0, 0.1) is 0 Å². The summed E-state index contributed by atoms with van der Waals surface area (Å²) in [6.07, 6.45) is 1.53. The first-order valence-corrected chi connectivity index (χ1v) is 11.6. The Morgan fingerprint density at radius 3 is 2.57 bits per heavy atom. The maximum atomic E-state index is 13.3. The van der Waals surface area contributed by atoms with E-state index in [1.165, 1.54) is 18.0 Å². The Morgan fingerprint density at radius 2 is 1.83 bits per heavy atom. The second kappa shape index (κ2) is 11.0. The van der Waals surface area contributed by atoms with Crippen LogP contribution in [0.4, 0.5) is 0 Å². The number of ether oxygens (including phenoxy) is 3. The molecule has 0 unspecified atom stereocenters. The lowest BCUT2D eigenvalue weighted by molar-refractivity contribution is -0.145. The van der Waals surface area contributed by atoms with Crippen LogP contribution in [0.3, 0.4) is 0 Å². The molecule has 0 fully saturated rings. The number of carbonyl (C=O) groups is 1. The number of rotatable bonds is 8. The molecule has 0 spiro atoms. The van der Waals surface area contributed by atoms with E-state index in [0.29, 0.717) is 38.3 Å². The number of nitrogens with zero attached hydrogens (tertiary/aromatic N) is 3. The molecule has 8 nitrogen and oxygen atoms in total. The van der Waals surface area contributed by atoms with Gasteiger partial charge in [-0.15, -0.1) is 0 Å². The second-order valence-electron chi connectivity index (χ2n) is 7.30. The van der Waals surface area contributed by atoms with Gasteiger partial charge >= 0.3 is 5.97 Å². The van der Waals surface area contributed by atoms with Gasteiger partial charge < -0.3 is 14.2 Å². The van der Waals surface area contributed by atoms with E-state index >= 15 is 0 Å². The molecule has 3 aromatic carbocycles. The molecule has 0 aliphatic heterocycles. The fraction of sp³-hybridized carbons (Fsp3) is 0.154. The van der Waals surface area contributed by atoms with Gasteiger partial charge in [0.15, 0.2) is 23.9 Å². The molecular weight excluding hydrogens is 514 g/mol. The Hall–Kier alpha value is -3.98. The Morgan fingerprint density at radius 1 is 1.09 bits per heavy atom. The Labute approximate surface area is 209 Å². The van der Waals surface area contributed by atoms with Crippen molar-refractivity contribution in [2.45, 2.75) is 6.92 Å². The van der Waals surface area contributed by atoms with Crippen molar-refractivity contribution in [1.29, 1.82) is 0 Å². The highest BCUT2D eigenvalue weighted by atomic mass is 79.9. The summed E-state index contributed by atoms with van der Waals surface area (Å²) in [5, 5.41) is 4.94. The number of aromatic nitrogens is 2. The van der Waals surface area contributed by atoms with Gasteiger partial charge in [-0.1, -0.05) is 42.5 Å². The van der Waals surface area contributed by atoms with Crippen molar-refractivity contribution < 1.29 is 19.0 Å². The zero-order valence-corrected chi connectivity index (χ0v) is 20.7. The van der Waals surface area contributed by atoms with E-state index in [0.717, 1.165) is 5.56 Å². The number of esters is 1. The molecule has 1 aromatic heterocycles. The van der Waals surface area contributed by atoms with E-state index in [-0.39, 0.29) is 18.8 Å². The SMILES string of the molecule is CCOC(=O)COc1cc(Br)c(C=Nn2c(-c3ccccc3)nc3ccccc3c2=O)cc1OC. The van der Waals surface area contributed by atoms with Gasteiger partial charge in [0.1, 0.15) is 0 Å². The van der Waals surface area contributed by atoms with Crippen LogP contribution in [0.2, 0.25) is 0 Å². The van der Waals surface area contributed by atoms with E-state index < -0.39 is 5.97 Å². The number of hydrogen-bond donors (Lipinski definition) is 0. The number of para-hydroxylation sites is 1. The van der Waals surface area contributed by atoms with Gasteiger partial charge in [-0.3, -0.25) is 4.79 Å². The Bertz CT molecular complexity index is 1450. The van der Waals surface area contributed by atoms with Crippen molar-refractivity contribution in [1.82, 2.24) is 9.66 Å². The van der Waals surface area contributed by atoms with Gasteiger partial charge in [0.05, 0.1) is 30.8 Å². The molecule has 0 atom stereocenters. The van der Waals surface area contributed by atoms with Crippen LogP contribution < -0.4 is 15.0 Å². The number of carbonyl (C=O) groups excluding carboxylic acids is 1. The summed E-state index contributed by atoms with van der Waals surface area (Å²) in [7, 11) is 1.49. The van der Waals surface area contributed by atoms with Crippen LogP contribution in [0.15, 0.2) is 81.1 Å². The molecule has 35 heavy (non-hydrogen) atoms. The molecule has 4 aromatic rings. The van der Waals surface area contributed by atoms with Crippen LogP contribution in [0.1, 0.15) is 12.5 Å². The van der Waals surface area contributed by atoms with Crippen molar-refractivity contribution in [2.24, 2.45) is 5.10 Å². The largest absolute Gasteiger partial charge is 0.493 e. The van der Waals surface area contributed by atoms with Crippen molar-refractivity contribution in [3.05, 3.63) is 87.1 Å². The van der Waals surface area contributed by atoms with Crippen molar-refractivity contribution in [3.63, 3.8) is 0 Å². The van der Waals surface area contributed by atoms with Crippen LogP contribution in [0.25, 0.3) is 22.3 Å². The topological polar surface area (TPSA) is 92.0 Å². The average Bonchev–Trinajstić information content (AvgIpc) is 2.88. The predicted octanol–water partition coefficient (Wildman–Crippen LogP) is 4.66. The highest BCUT2D eigenvalue weighted by Gasteiger charge is 2.14. The smallest absolute Gasteiger partial charge is 0.344 e. The van der Waals surface area contributed by atoms with Gasteiger partial charge in [0.2, 0.25) is 0 Å². The van der Waals surface area contributed by atoms with Gasteiger partial charge in [-0.2, -0.15) is 9.78 Å². The van der Waals surface area contributed by atoms with Gasteiger partial charge in [-0.05, 0) is 47.1 Å². The molecule has 4 rings (SSSR count). The Kier molecular flexibility index (Phi) is 7.57. The van der Waals surface area contributed by atoms with Crippen molar-refractivity contribution in [2.75, 3.05) is 20.3 Å². The first-order chi connectivity index (χ1) is 17.0. The summed E-state index contributed by atoms with van der Waals surface area (Å²) in [6.45, 7) is 1.75. The zero-order chi connectivity index (χ0) is 24.8. The van der Waals surface area contributed by atoms with E-state index in [2.05, 4.69) is 21.0 Å². The summed E-state index contributed by atoms with van der Waals surface area (Å²) < 4.78 is 17.8. The summed E-state index contributed by atoms with van der Waals surface area (Å²) in [5.41, 5.74) is 1.69. The molecule has 178 valence electrons. The third-order valence-electron chi connectivity index (χ3n) is 5.03. The van der Waals surface area contributed by atoms with E-state index in [9.17, 15) is 9.59 Å². The maximum Gasteiger partial charge on any atom is 0.344 e. The highest BCUT2D eigenvalue weighted by Crippen LogP contribution is 2.33. The molecule has 0 amide bonds. The Balaban J connectivity index is 1.75. The molecule has 9 heteroatoms. The normalized spacial score (nSPS) is 11.1. The average molecular weight is 536 g/mol. The van der Waals surface area contributed by atoms with Crippen LogP contribution >= 0.6 is 15.9 Å². The molecule has 0 aliphatic rings. The highest BCUT2D eigenvalue weighted by molar-refractivity contribution is 9.10. The van der Waals surface area contributed by atoms with Crippen LogP contribution in [-0.2, 0) is 9.53 Å². The fourth-order valence-electron chi connectivity index (χ4n) is 3.39. The second-order valence-corrected chi connectivity index (χ2v) is 8.15. The number of hydrogen-bond acceptors (Lipinski definition) is 7. The minimum absolute atomic E-state index is 0.247. The molecule has 0 aliphatic carbocycles. The van der Waals surface area contributed by atoms with Gasteiger partial charge in [0.25, 0.3) is 5.56 Å². The summed E-state index contributed by atoms with van der Waals surface area (Å²) in [5.74, 6) is 0.696. The van der Waals surface area contributed by atoms with E-state index in [4.69, 9.17) is 19.2 Å². The quantitative estimate of drug-likeness (QED) is 0.240.